The summed E-state index contributed by atoms with van der Waals surface area (Å²) in [6.45, 7) is 0.151. The minimum Gasteiger partial charge on any atom is -0.396 e. The lowest BCUT2D eigenvalue weighted by Crippen LogP contribution is -2.46. The number of nitrogens with zero attached hydrogens (tertiary/aromatic N) is 1. The third-order valence-corrected chi connectivity index (χ3v) is 3.60. The first kappa shape index (κ1) is 14.3. The maximum Gasteiger partial charge on any atom is 0.404 e. The van der Waals surface area contributed by atoms with Crippen molar-refractivity contribution in [1.29, 1.82) is 0 Å². The minimum atomic E-state index is -4.30. The van der Waals surface area contributed by atoms with E-state index in [0.29, 0.717) is 5.56 Å². The molecule has 1 saturated carbocycles. The second kappa shape index (κ2) is 5.46. The second-order valence-corrected chi connectivity index (χ2v) is 5.19. The molecule has 0 radical (unpaired) electrons. The molecule has 0 bridgehead atoms. The smallest absolute Gasteiger partial charge is 0.396 e. The zero-order valence-corrected chi connectivity index (χ0v) is 10.5. The topological polar surface area (TPSA) is 45.1 Å². The fourth-order valence-electron chi connectivity index (χ4n) is 1.97. The third-order valence-electron chi connectivity index (χ3n) is 3.60. The van der Waals surface area contributed by atoms with Crippen molar-refractivity contribution in [1.82, 2.24) is 10.3 Å². The van der Waals surface area contributed by atoms with Gasteiger partial charge in [-0.3, -0.25) is 4.98 Å². The number of aromatic nitrogens is 1. The zero-order valence-electron chi connectivity index (χ0n) is 10.5. The number of hydrogen-bond acceptors (Lipinski definition) is 3. The zero-order chi connectivity index (χ0) is 13.9. The van der Waals surface area contributed by atoms with Gasteiger partial charge in [-0.15, -0.1) is 0 Å². The Balaban J connectivity index is 1.96. The molecule has 6 heteroatoms. The van der Waals surface area contributed by atoms with Gasteiger partial charge in [0.1, 0.15) is 6.04 Å². The van der Waals surface area contributed by atoms with E-state index in [2.05, 4.69) is 10.3 Å². The van der Waals surface area contributed by atoms with Crippen LogP contribution in [0.4, 0.5) is 13.2 Å². The van der Waals surface area contributed by atoms with Gasteiger partial charge in [0.05, 0.1) is 0 Å². The van der Waals surface area contributed by atoms with Gasteiger partial charge in [0, 0.05) is 31.0 Å². The minimum absolute atomic E-state index is 0.0557. The molecule has 1 aromatic rings. The molecule has 1 unspecified atom stereocenters. The van der Waals surface area contributed by atoms with E-state index in [1.54, 1.807) is 12.1 Å². The van der Waals surface area contributed by atoms with Gasteiger partial charge >= 0.3 is 6.18 Å². The van der Waals surface area contributed by atoms with Crippen LogP contribution in [0.5, 0.6) is 0 Å². The molecule has 1 aliphatic rings. The molecule has 19 heavy (non-hydrogen) atoms. The van der Waals surface area contributed by atoms with Gasteiger partial charge in [0.25, 0.3) is 0 Å². The van der Waals surface area contributed by atoms with Gasteiger partial charge in [-0.05, 0) is 37.0 Å². The molecule has 0 amide bonds. The highest BCUT2D eigenvalue weighted by atomic mass is 19.4. The van der Waals surface area contributed by atoms with E-state index in [4.69, 9.17) is 5.11 Å². The van der Waals surface area contributed by atoms with E-state index in [1.165, 1.54) is 12.4 Å². The van der Waals surface area contributed by atoms with Crippen LogP contribution in [0.1, 0.15) is 18.4 Å². The van der Waals surface area contributed by atoms with Crippen LogP contribution in [-0.4, -0.2) is 35.5 Å². The summed E-state index contributed by atoms with van der Waals surface area (Å²) in [5, 5.41) is 11.7. The van der Waals surface area contributed by atoms with Crippen LogP contribution >= 0.6 is 0 Å². The summed E-state index contributed by atoms with van der Waals surface area (Å²) in [7, 11) is 0. The molecule has 0 spiro atoms. The molecule has 1 aliphatic carbocycles. The molecule has 2 N–H and O–H groups in total. The van der Waals surface area contributed by atoms with E-state index >= 15 is 0 Å². The Morgan fingerprint density at radius 2 is 1.95 bits per heavy atom. The molecule has 106 valence electrons. The van der Waals surface area contributed by atoms with E-state index < -0.39 is 12.2 Å². The average molecular weight is 274 g/mol. The second-order valence-electron chi connectivity index (χ2n) is 5.19. The molecule has 1 atom stereocenters. The van der Waals surface area contributed by atoms with Crippen LogP contribution in [0.3, 0.4) is 0 Å². The van der Waals surface area contributed by atoms with Crippen LogP contribution in [0.25, 0.3) is 0 Å². The Bertz CT molecular complexity index is 404. The Kier molecular flexibility index (Phi) is 4.10. The molecular formula is C13H17F3N2O. The lowest BCUT2D eigenvalue weighted by atomic mass is 10.0. The van der Waals surface area contributed by atoms with Crippen molar-refractivity contribution in [2.75, 3.05) is 13.2 Å². The van der Waals surface area contributed by atoms with E-state index in [1.807, 2.05) is 0 Å². The maximum atomic E-state index is 13.0. The van der Waals surface area contributed by atoms with E-state index in [-0.39, 0.29) is 25.0 Å². The monoisotopic (exact) mass is 274 g/mol. The van der Waals surface area contributed by atoms with Crippen LogP contribution in [0.2, 0.25) is 0 Å². The molecule has 1 aromatic heterocycles. The fourth-order valence-corrected chi connectivity index (χ4v) is 1.97. The van der Waals surface area contributed by atoms with E-state index in [9.17, 15) is 13.2 Å². The molecule has 1 heterocycles. The Labute approximate surface area is 109 Å². The van der Waals surface area contributed by atoms with Crippen molar-refractivity contribution in [2.45, 2.75) is 31.5 Å². The molecular weight excluding hydrogens is 257 g/mol. The summed E-state index contributed by atoms with van der Waals surface area (Å²) in [5.74, 6) is 0. The molecule has 0 aliphatic heterocycles. The SMILES string of the molecule is OCC1(CNC(Cc2ccncc2)C(F)(F)F)CC1. The number of nitrogens with one attached hydrogen (secondary N) is 1. The van der Waals surface area contributed by atoms with Gasteiger partial charge in [-0.2, -0.15) is 13.2 Å². The summed E-state index contributed by atoms with van der Waals surface area (Å²) in [6.07, 6.45) is 0.132. The first-order valence-corrected chi connectivity index (χ1v) is 6.25. The Hall–Kier alpha value is -1.14. The van der Waals surface area contributed by atoms with Gasteiger partial charge in [-0.1, -0.05) is 0 Å². The summed E-state index contributed by atoms with van der Waals surface area (Å²) < 4.78 is 38.9. The Morgan fingerprint density at radius 3 is 2.42 bits per heavy atom. The van der Waals surface area contributed by atoms with Crippen molar-refractivity contribution in [3.8, 4) is 0 Å². The number of hydrogen-bond donors (Lipinski definition) is 2. The number of pyridine rings is 1. The number of aliphatic hydroxyl groups excluding tert-OH is 1. The summed E-state index contributed by atoms with van der Waals surface area (Å²) in [6, 6.07) is 1.58. The largest absolute Gasteiger partial charge is 0.404 e. The highest BCUT2D eigenvalue weighted by Crippen LogP contribution is 2.44. The molecule has 1 fully saturated rings. The quantitative estimate of drug-likeness (QED) is 0.833. The molecule has 0 aromatic carbocycles. The van der Waals surface area contributed by atoms with E-state index in [0.717, 1.165) is 12.8 Å². The average Bonchev–Trinajstić information content (AvgIpc) is 3.15. The predicted octanol–water partition coefficient (Wildman–Crippen LogP) is 1.92. The van der Waals surface area contributed by atoms with Crippen LogP contribution in [0.15, 0.2) is 24.5 Å². The lowest BCUT2D eigenvalue weighted by molar-refractivity contribution is -0.156. The number of rotatable bonds is 6. The van der Waals surface area contributed by atoms with Gasteiger partial charge in [0.15, 0.2) is 0 Å². The van der Waals surface area contributed by atoms with Crippen molar-refractivity contribution in [3.63, 3.8) is 0 Å². The third kappa shape index (κ3) is 3.91. The first-order valence-electron chi connectivity index (χ1n) is 6.25. The van der Waals surface area contributed by atoms with Gasteiger partial charge < -0.3 is 10.4 Å². The number of aliphatic hydroxyl groups is 1. The van der Waals surface area contributed by atoms with Crippen molar-refractivity contribution in [3.05, 3.63) is 30.1 Å². The van der Waals surface area contributed by atoms with Crippen molar-refractivity contribution >= 4 is 0 Å². The standard InChI is InChI=1S/C13H17F3N2O/c14-13(15,16)11(7-10-1-5-17-6-2-10)18-8-12(9-19)3-4-12/h1-2,5-6,11,18-19H,3-4,7-9H2. The Morgan fingerprint density at radius 1 is 1.32 bits per heavy atom. The van der Waals surface area contributed by atoms with Crippen molar-refractivity contribution < 1.29 is 18.3 Å². The molecule has 0 saturated heterocycles. The lowest BCUT2D eigenvalue weighted by Gasteiger charge is -2.24. The molecule has 3 nitrogen and oxygen atoms in total. The van der Waals surface area contributed by atoms with Gasteiger partial charge in [0.2, 0.25) is 0 Å². The van der Waals surface area contributed by atoms with Crippen LogP contribution < -0.4 is 5.32 Å². The van der Waals surface area contributed by atoms with Gasteiger partial charge in [-0.25, -0.2) is 0 Å². The first-order chi connectivity index (χ1) is 8.95. The predicted molar refractivity (Wildman–Crippen MR) is 64.5 cm³/mol. The highest BCUT2D eigenvalue weighted by molar-refractivity contribution is 5.12. The van der Waals surface area contributed by atoms with Crippen LogP contribution in [-0.2, 0) is 6.42 Å². The fraction of sp³-hybridized carbons (Fsp3) is 0.615. The maximum absolute atomic E-state index is 13.0. The summed E-state index contributed by atoms with van der Waals surface area (Å²) in [4.78, 5) is 3.79. The summed E-state index contributed by atoms with van der Waals surface area (Å²) in [5.41, 5.74) is 0.264. The van der Waals surface area contributed by atoms with Crippen molar-refractivity contribution in [2.24, 2.45) is 5.41 Å². The number of alkyl halides is 3. The summed E-state index contributed by atoms with van der Waals surface area (Å²) >= 11 is 0. The number of halogens is 3. The normalized spacial score (nSPS) is 19.2. The molecule has 2 rings (SSSR count). The van der Waals surface area contributed by atoms with Crippen LogP contribution in [0, 0.1) is 5.41 Å². The highest BCUT2D eigenvalue weighted by Gasteiger charge is 2.45.